The van der Waals surface area contributed by atoms with Crippen molar-refractivity contribution in [3.05, 3.63) is 65.2 Å². The van der Waals surface area contributed by atoms with E-state index in [1.54, 1.807) is 0 Å². The fourth-order valence-electron chi connectivity index (χ4n) is 2.87. The molecule has 0 saturated carbocycles. The van der Waals surface area contributed by atoms with Gasteiger partial charge in [0.25, 0.3) is 5.91 Å². The van der Waals surface area contributed by atoms with Crippen LogP contribution in [0.2, 0.25) is 0 Å². The number of ether oxygens (including phenoxy) is 1. The van der Waals surface area contributed by atoms with Gasteiger partial charge >= 0.3 is 0 Å². The summed E-state index contributed by atoms with van der Waals surface area (Å²) >= 11 is 1.83. The van der Waals surface area contributed by atoms with Crippen molar-refractivity contribution < 1.29 is 9.53 Å². The highest BCUT2D eigenvalue weighted by Crippen LogP contribution is 2.25. The molecule has 2 aromatic rings. The second-order valence-electron chi connectivity index (χ2n) is 8.12. The summed E-state index contributed by atoms with van der Waals surface area (Å²) in [4.78, 5) is 12.4. The van der Waals surface area contributed by atoms with Gasteiger partial charge in [0.2, 0.25) is 0 Å². The minimum absolute atomic E-state index is 0.0430. The smallest absolute Gasteiger partial charge is 0.261 e. The average molecular weight is 400 g/mol. The van der Waals surface area contributed by atoms with Crippen LogP contribution < -0.4 is 10.1 Å². The van der Waals surface area contributed by atoms with Crippen molar-refractivity contribution in [2.45, 2.75) is 58.3 Å². The van der Waals surface area contributed by atoms with Crippen LogP contribution in [-0.4, -0.2) is 24.3 Å². The van der Waals surface area contributed by atoms with E-state index in [9.17, 15) is 4.79 Å². The number of carbonyl (C=O) groups excluding carboxylic acids is 1. The number of nitrogens with one attached hydrogen (secondary N) is 1. The quantitative estimate of drug-likeness (QED) is 0.566. The highest BCUT2D eigenvalue weighted by atomic mass is 32.2. The first-order valence-electron chi connectivity index (χ1n) is 9.98. The Labute approximate surface area is 174 Å². The van der Waals surface area contributed by atoms with Crippen LogP contribution in [0, 0.1) is 6.92 Å². The average Bonchev–Trinajstić information content (AvgIpc) is 2.65. The van der Waals surface area contributed by atoms with Gasteiger partial charge in [-0.15, -0.1) is 0 Å². The largest absolute Gasteiger partial charge is 0.481 e. The van der Waals surface area contributed by atoms with Gasteiger partial charge in [-0.05, 0) is 42.0 Å². The van der Waals surface area contributed by atoms with Crippen LogP contribution in [0.4, 0.5) is 0 Å². The Balaban J connectivity index is 1.75. The lowest BCUT2D eigenvalue weighted by Gasteiger charge is -2.21. The summed E-state index contributed by atoms with van der Waals surface area (Å²) in [7, 11) is 0. The topological polar surface area (TPSA) is 38.3 Å². The Morgan fingerprint density at radius 1 is 1.14 bits per heavy atom. The van der Waals surface area contributed by atoms with E-state index in [4.69, 9.17) is 4.74 Å². The third-order valence-electron chi connectivity index (χ3n) is 4.56. The molecule has 3 nitrogen and oxygen atoms in total. The minimum Gasteiger partial charge on any atom is -0.481 e. The Bertz CT molecular complexity index is 750. The predicted molar refractivity (Wildman–Crippen MR) is 120 cm³/mol. The number of thioether (sulfide) groups is 1. The van der Waals surface area contributed by atoms with Gasteiger partial charge in [-0.2, -0.15) is 11.8 Å². The molecule has 0 spiro atoms. The summed E-state index contributed by atoms with van der Waals surface area (Å²) in [6, 6.07) is 16.6. The van der Waals surface area contributed by atoms with E-state index in [-0.39, 0.29) is 11.3 Å². The van der Waals surface area contributed by atoms with Gasteiger partial charge in [0.1, 0.15) is 5.75 Å². The number of carbonyl (C=O) groups is 1. The summed E-state index contributed by atoms with van der Waals surface area (Å²) in [6.45, 7) is 11.3. The second-order valence-corrected chi connectivity index (χ2v) is 9.23. The summed E-state index contributed by atoms with van der Waals surface area (Å²) < 4.78 is 5.91. The third kappa shape index (κ3) is 7.23. The first-order valence-corrected chi connectivity index (χ1v) is 11.1. The molecule has 152 valence electrons. The third-order valence-corrected chi connectivity index (χ3v) is 5.59. The zero-order valence-electron chi connectivity index (χ0n) is 17.7. The van der Waals surface area contributed by atoms with Crippen molar-refractivity contribution in [3.8, 4) is 5.75 Å². The predicted octanol–water partition coefficient (Wildman–Crippen LogP) is 5.50. The molecule has 0 saturated heterocycles. The normalized spacial score (nSPS) is 12.5. The second kappa shape index (κ2) is 10.6. The molecule has 2 aromatic carbocycles. The van der Waals surface area contributed by atoms with Gasteiger partial charge in [-0.25, -0.2) is 0 Å². The van der Waals surface area contributed by atoms with Crippen LogP contribution >= 0.6 is 11.8 Å². The fourth-order valence-corrected chi connectivity index (χ4v) is 3.68. The van der Waals surface area contributed by atoms with E-state index in [0.29, 0.717) is 13.0 Å². The molecule has 4 heteroatoms. The Morgan fingerprint density at radius 2 is 1.86 bits per heavy atom. The molecule has 1 atom stereocenters. The summed E-state index contributed by atoms with van der Waals surface area (Å²) in [5, 5.41) is 3.00. The molecule has 0 aliphatic heterocycles. The van der Waals surface area contributed by atoms with Crippen molar-refractivity contribution in [3.63, 3.8) is 0 Å². The number of amides is 1. The van der Waals surface area contributed by atoms with Crippen molar-refractivity contribution in [2.75, 3.05) is 12.3 Å². The van der Waals surface area contributed by atoms with Crippen molar-refractivity contribution in [1.82, 2.24) is 5.32 Å². The SMILES string of the molecule is CCC(Oc1ccc(C(C)(C)C)cc1)C(=O)NCCSCc1cccc(C)c1. The Hall–Kier alpha value is -1.94. The molecule has 0 bridgehead atoms. The zero-order valence-corrected chi connectivity index (χ0v) is 18.6. The van der Waals surface area contributed by atoms with Gasteiger partial charge < -0.3 is 10.1 Å². The van der Waals surface area contributed by atoms with Crippen LogP contribution in [0.15, 0.2) is 48.5 Å². The van der Waals surface area contributed by atoms with Crippen molar-refractivity contribution in [2.24, 2.45) is 0 Å². The number of rotatable bonds is 9. The lowest BCUT2D eigenvalue weighted by atomic mass is 9.87. The number of hydrogen-bond donors (Lipinski definition) is 1. The first-order chi connectivity index (χ1) is 13.3. The van der Waals surface area contributed by atoms with Gasteiger partial charge in [0.15, 0.2) is 6.10 Å². The Morgan fingerprint density at radius 3 is 2.46 bits per heavy atom. The van der Waals surface area contributed by atoms with E-state index in [1.165, 1.54) is 16.7 Å². The number of benzene rings is 2. The van der Waals surface area contributed by atoms with Crippen LogP contribution in [0.3, 0.4) is 0 Å². The lowest BCUT2D eigenvalue weighted by Crippen LogP contribution is -2.39. The van der Waals surface area contributed by atoms with Crippen molar-refractivity contribution >= 4 is 17.7 Å². The van der Waals surface area contributed by atoms with E-state index >= 15 is 0 Å². The molecule has 0 aliphatic rings. The van der Waals surface area contributed by atoms with Crippen LogP contribution in [0.5, 0.6) is 5.75 Å². The molecule has 1 unspecified atom stereocenters. The van der Waals surface area contributed by atoms with Crippen LogP contribution in [0.25, 0.3) is 0 Å². The van der Waals surface area contributed by atoms with Crippen LogP contribution in [-0.2, 0) is 16.0 Å². The van der Waals surface area contributed by atoms with E-state index in [0.717, 1.165) is 17.3 Å². The number of hydrogen-bond acceptors (Lipinski definition) is 3. The molecule has 2 rings (SSSR count). The molecule has 0 aliphatic carbocycles. The summed E-state index contributed by atoms with van der Waals surface area (Å²) in [6.07, 6.45) is 0.186. The molecular weight excluding hydrogens is 366 g/mol. The van der Waals surface area contributed by atoms with E-state index in [1.807, 2.05) is 30.8 Å². The molecule has 28 heavy (non-hydrogen) atoms. The molecule has 1 N–H and O–H groups in total. The standard InChI is InChI=1S/C24H33NO2S/c1-6-22(27-21-12-10-20(11-13-21)24(3,4)5)23(26)25-14-15-28-17-19-9-7-8-18(2)16-19/h7-13,16,22H,6,14-15,17H2,1-5H3,(H,25,26). The lowest BCUT2D eigenvalue weighted by molar-refractivity contribution is -0.127. The molecule has 0 fully saturated rings. The fraction of sp³-hybridized carbons (Fsp3) is 0.458. The number of aryl methyl sites for hydroxylation is 1. The minimum atomic E-state index is -0.456. The molecule has 1 amide bonds. The molecule has 0 aromatic heterocycles. The first kappa shape index (κ1) is 22.4. The maximum Gasteiger partial charge on any atom is 0.261 e. The monoisotopic (exact) mass is 399 g/mol. The van der Waals surface area contributed by atoms with Gasteiger partial charge in [-0.1, -0.05) is 69.7 Å². The van der Waals surface area contributed by atoms with E-state index in [2.05, 4.69) is 69.4 Å². The molecule has 0 heterocycles. The highest BCUT2D eigenvalue weighted by molar-refractivity contribution is 7.98. The highest BCUT2D eigenvalue weighted by Gasteiger charge is 2.19. The zero-order chi connectivity index (χ0) is 20.6. The van der Waals surface area contributed by atoms with Crippen LogP contribution in [0.1, 0.15) is 50.8 Å². The molecule has 0 radical (unpaired) electrons. The Kier molecular flexibility index (Phi) is 8.43. The summed E-state index contributed by atoms with van der Waals surface area (Å²) in [5.41, 5.74) is 3.97. The van der Waals surface area contributed by atoms with Gasteiger partial charge in [0, 0.05) is 18.1 Å². The maximum atomic E-state index is 12.4. The summed E-state index contributed by atoms with van der Waals surface area (Å²) in [5.74, 6) is 2.55. The van der Waals surface area contributed by atoms with Crippen molar-refractivity contribution in [1.29, 1.82) is 0 Å². The maximum absolute atomic E-state index is 12.4. The van der Waals surface area contributed by atoms with E-state index < -0.39 is 6.10 Å². The van der Waals surface area contributed by atoms with Gasteiger partial charge in [-0.3, -0.25) is 4.79 Å². The molecular formula is C24H33NO2S. The van der Waals surface area contributed by atoms with Gasteiger partial charge in [0.05, 0.1) is 0 Å².